The molecular weight excluding hydrogens is 248 g/mol. The summed E-state index contributed by atoms with van der Waals surface area (Å²) in [6.07, 6.45) is 3.32. The van der Waals surface area contributed by atoms with Gasteiger partial charge in [-0.15, -0.1) is 5.10 Å². The van der Waals surface area contributed by atoms with E-state index in [2.05, 4.69) is 31.2 Å². The van der Waals surface area contributed by atoms with Gasteiger partial charge in [0.2, 0.25) is 0 Å². The lowest BCUT2D eigenvalue weighted by Gasteiger charge is -1.97. The molecule has 0 aromatic carbocycles. The number of pyridine rings is 1. The summed E-state index contributed by atoms with van der Waals surface area (Å²) in [5.41, 5.74) is 1.34. The molecule has 0 amide bonds. The second kappa shape index (κ2) is 3.85. The van der Waals surface area contributed by atoms with Crippen LogP contribution in [0.3, 0.4) is 0 Å². The lowest BCUT2D eigenvalue weighted by atomic mass is 10.4. The molecule has 0 bridgehead atoms. The number of rotatable bonds is 2. The Morgan fingerprint density at radius 2 is 2.29 bits per heavy atom. The highest BCUT2D eigenvalue weighted by molar-refractivity contribution is 9.10. The van der Waals surface area contributed by atoms with Crippen LogP contribution in [0.25, 0.3) is 5.69 Å². The number of aromatic nitrogens is 4. The van der Waals surface area contributed by atoms with Gasteiger partial charge in [0.05, 0.1) is 24.7 Å². The van der Waals surface area contributed by atoms with Crippen molar-refractivity contribution in [3.05, 3.63) is 34.8 Å². The number of aliphatic hydroxyl groups is 1. The quantitative estimate of drug-likeness (QED) is 0.810. The second-order valence-electron chi connectivity index (χ2n) is 2.65. The van der Waals surface area contributed by atoms with Gasteiger partial charge < -0.3 is 5.11 Å². The Labute approximate surface area is 88.5 Å². The Balaban J connectivity index is 2.34. The summed E-state index contributed by atoms with van der Waals surface area (Å²) in [5.74, 6) is 0. The minimum Gasteiger partial charge on any atom is -0.390 e. The number of hydrogen-bond donors (Lipinski definition) is 1. The summed E-state index contributed by atoms with van der Waals surface area (Å²) in [5, 5.41) is 16.4. The summed E-state index contributed by atoms with van der Waals surface area (Å²) in [6.45, 7) is -0.107. The third-order valence-electron chi connectivity index (χ3n) is 1.68. The third kappa shape index (κ3) is 1.80. The van der Waals surface area contributed by atoms with Gasteiger partial charge in [0.1, 0.15) is 10.3 Å². The Hall–Kier alpha value is -1.27. The first-order valence-electron chi connectivity index (χ1n) is 3.93. The standard InChI is InChI=1S/C8H7BrN4O/c9-8-2-1-7(3-10-8)13-4-6(5-14)11-12-13/h1-4,14H,5H2. The van der Waals surface area contributed by atoms with Gasteiger partial charge in [-0.05, 0) is 28.1 Å². The van der Waals surface area contributed by atoms with E-state index < -0.39 is 0 Å². The van der Waals surface area contributed by atoms with E-state index in [-0.39, 0.29) is 6.61 Å². The average molecular weight is 255 g/mol. The molecule has 2 heterocycles. The number of aliphatic hydroxyl groups excluding tert-OH is 1. The Morgan fingerprint density at radius 3 is 2.86 bits per heavy atom. The summed E-state index contributed by atoms with van der Waals surface area (Å²) in [6, 6.07) is 3.67. The van der Waals surface area contributed by atoms with Gasteiger partial charge in [-0.2, -0.15) is 0 Å². The Morgan fingerprint density at radius 1 is 1.43 bits per heavy atom. The van der Waals surface area contributed by atoms with Gasteiger partial charge in [0.15, 0.2) is 0 Å². The van der Waals surface area contributed by atoms with Crippen LogP contribution in [0.5, 0.6) is 0 Å². The van der Waals surface area contributed by atoms with Crippen molar-refractivity contribution in [2.24, 2.45) is 0 Å². The Bertz CT molecular complexity index is 425. The first-order chi connectivity index (χ1) is 6.79. The molecule has 0 fully saturated rings. The molecule has 0 aliphatic rings. The SMILES string of the molecule is OCc1cn(-c2ccc(Br)nc2)nn1. The fraction of sp³-hybridized carbons (Fsp3) is 0.125. The smallest absolute Gasteiger partial charge is 0.109 e. The maximum atomic E-state index is 8.80. The van der Waals surface area contributed by atoms with Gasteiger partial charge >= 0.3 is 0 Å². The lowest BCUT2D eigenvalue weighted by Crippen LogP contribution is -1.95. The molecule has 2 aromatic rings. The van der Waals surface area contributed by atoms with Gasteiger partial charge in [0, 0.05) is 0 Å². The molecule has 0 atom stereocenters. The first-order valence-corrected chi connectivity index (χ1v) is 4.73. The maximum Gasteiger partial charge on any atom is 0.109 e. The van der Waals surface area contributed by atoms with Crippen LogP contribution in [-0.2, 0) is 6.61 Å². The van der Waals surface area contributed by atoms with E-state index in [0.29, 0.717) is 5.69 Å². The van der Waals surface area contributed by atoms with E-state index >= 15 is 0 Å². The number of hydrogen-bond acceptors (Lipinski definition) is 4. The third-order valence-corrected chi connectivity index (χ3v) is 2.15. The van der Waals surface area contributed by atoms with Crippen LogP contribution in [0.2, 0.25) is 0 Å². The molecule has 1 N–H and O–H groups in total. The van der Waals surface area contributed by atoms with Gasteiger partial charge in [0.25, 0.3) is 0 Å². The molecule has 0 saturated carbocycles. The molecule has 6 heteroatoms. The highest BCUT2D eigenvalue weighted by Crippen LogP contribution is 2.09. The molecular formula is C8H7BrN4O. The molecule has 0 radical (unpaired) electrons. The molecule has 0 spiro atoms. The topological polar surface area (TPSA) is 63.8 Å². The van der Waals surface area contributed by atoms with E-state index in [1.165, 1.54) is 0 Å². The molecule has 0 saturated heterocycles. The van der Waals surface area contributed by atoms with E-state index in [4.69, 9.17) is 5.11 Å². The summed E-state index contributed by atoms with van der Waals surface area (Å²) in [4.78, 5) is 4.06. The zero-order chi connectivity index (χ0) is 9.97. The fourth-order valence-electron chi connectivity index (χ4n) is 1.00. The van der Waals surface area contributed by atoms with Crippen LogP contribution in [0.1, 0.15) is 5.69 Å². The van der Waals surface area contributed by atoms with E-state index in [0.717, 1.165) is 10.3 Å². The van der Waals surface area contributed by atoms with Gasteiger partial charge in [-0.25, -0.2) is 9.67 Å². The largest absolute Gasteiger partial charge is 0.390 e. The van der Waals surface area contributed by atoms with E-state index in [1.54, 1.807) is 17.1 Å². The number of nitrogens with zero attached hydrogens (tertiary/aromatic N) is 4. The molecule has 5 nitrogen and oxygen atoms in total. The van der Waals surface area contributed by atoms with Crippen molar-refractivity contribution >= 4 is 15.9 Å². The molecule has 0 aliphatic heterocycles. The highest BCUT2D eigenvalue weighted by Gasteiger charge is 2.01. The predicted molar refractivity (Wildman–Crippen MR) is 52.8 cm³/mol. The van der Waals surface area contributed by atoms with Crippen LogP contribution < -0.4 is 0 Å². The van der Waals surface area contributed by atoms with E-state index in [9.17, 15) is 0 Å². The van der Waals surface area contributed by atoms with E-state index in [1.807, 2.05) is 12.1 Å². The minimum atomic E-state index is -0.107. The normalized spacial score (nSPS) is 10.4. The maximum absolute atomic E-state index is 8.80. The predicted octanol–water partition coefficient (Wildman–Crippen LogP) is 0.917. The highest BCUT2D eigenvalue weighted by atomic mass is 79.9. The molecule has 0 aliphatic carbocycles. The van der Waals surface area contributed by atoms with Gasteiger partial charge in [-0.3, -0.25) is 0 Å². The van der Waals surface area contributed by atoms with Crippen LogP contribution >= 0.6 is 15.9 Å². The second-order valence-corrected chi connectivity index (χ2v) is 3.46. The van der Waals surface area contributed by atoms with Crippen molar-refractivity contribution in [3.63, 3.8) is 0 Å². The van der Waals surface area contributed by atoms with Crippen molar-refractivity contribution in [2.75, 3.05) is 0 Å². The zero-order valence-electron chi connectivity index (χ0n) is 7.13. The minimum absolute atomic E-state index is 0.107. The van der Waals surface area contributed by atoms with Crippen molar-refractivity contribution in [2.45, 2.75) is 6.61 Å². The van der Waals surface area contributed by atoms with Crippen LogP contribution in [0, 0.1) is 0 Å². The van der Waals surface area contributed by atoms with Crippen molar-refractivity contribution in [1.82, 2.24) is 20.0 Å². The molecule has 2 rings (SSSR count). The van der Waals surface area contributed by atoms with Crippen molar-refractivity contribution in [3.8, 4) is 5.69 Å². The Kier molecular flexibility index (Phi) is 2.55. The summed E-state index contributed by atoms with van der Waals surface area (Å²) in [7, 11) is 0. The average Bonchev–Trinajstić information content (AvgIpc) is 2.67. The zero-order valence-corrected chi connectivity index (χ0v) is 8.72. The molecule has 0 unspecified atom stereocenters. The van der Waals surface area contributed by atoms with Crippen molar-refractivity contribution < 1.29 is 5.11 Å². The van der Waals surface area contributed by atoms with Crippen molar-refractivity contribution in [1.29, 1.82) is 0 Å². The summed E-state index contributed by atoms with van der Waals surface area (Å²) < 4.78 is 2.33. The lowest BCUT2D eigenvalue weighted by molar-refractivity contribution is 0.276. The molecule has 2 aromatic heterocycles. The van der Waals surface area contributed by atoms with Crippen LogP contribution in [0.15, 0.2) is 29.1 Å². The molecule has 72 valence electrons. The van der Waals surface area contributed by atoms with Crippen LogP contribution in [-0.4, -0.2) is 25.1 Å². The van der Waals surface area contributed by atoms with Gasteiger partial charge in [-0.1, -0.05) is 5.21 Å². The first kappa shape index (κ1) is 9.29. The molecule has 14 heavy (non-hydrogen) atoms. The monoisotopic (exact) mass is 254 g/mol. The summed E-state index contributed by atoms with van der Waals surface area (Å²) >= 11 is 3.24. The number of halogens is 1. The van der Waals surface area contributed by atoms with Crippen LogP contribution in [0.4, 0.5) is 0 Å². The fourth-order valence-corrected chi connectivity index (χ4v) is 1.24.